The van der Waals surface area contributed by atoms with Gasteiger partial charge in [0.2, 0.25) is 0 Å². The lowest BCUT2D eigenvalue weighted by Crippen LogP contribution is -2.17. The first kappa shape index (κ1) is 15.6. The van der Waals surface area contributed by atoms with Crippen molar-refractivity contribution in [1.82, 2.24) is 4.98 Å². The largest absolute Gasteiger partial charge is 0.573 e. The maximum atomic E-state index is 12.2. The van der Waals surface area contributed by atoms with Gasteiger partial charge in [-0.25, -0.2) is 9.78 Å². The molecule has 0 bridgehead atoms. The van der Waals surface area contributed by atoms with Gasteiger partial charge in [0.1, 0.15) is 10.8 Å². The van der Waals surface area contributed by atoms with E-state index in [0.717, 1.165) is 23.5 Å². The molecule has 1 aromatic carbocycles. The molecule has 4 nitrogen and oxygen atoms in total. The molecule has 0 atom stereocenters. The van der Waals surface area contributed by atoms with Crippen LogP contribution in [0, 0.1) is 0 Å². The van der Waals surface area contributed by atoms with Gasteiger partial charge in [-0.15, -0.1) is 24.5 Å². The topological polar surface area (TPSA) is 48.4 Å². The fourth-order valence-electron chi connectivity index (χ4n) is 1.47. The van der Waals surface area contributed by atoms with Crippen molar-refractivity contribution in [3.8, 4) is 16.3 Å². The molecule has 1 heterocycles. The Kier molecular flexibility index (Phi) is 4.38. The van der Waals surface area contributed by atoms with Gasteiger partial charge < -0.3 is 9.47 Å². The monoisotopic (exact) mass is 337 g/mol. The maximum absolute atomic E-state index is 12.2. The highest BCUT2D eigenvalue weighted by molar-refractivity contribution is 7.17. The summed E-state index contributed by atoms with van der Waals surface area (Å²) >= 11 is 6.72. The molecule has 0 spiro atoms. The van der Waals surface area contributed by atoms with Gasteiger partial charge in [0.15, 0.2) is 10.0 Å². The average Bonchev–Trinajstić information content (AvgIpc) is 2.78. The molecule has 2 rings (SSSR count). The van der Waals surface area contributed by atoms with Gasteiger partial charge in [-0.05, 0) is 12.1 Å². The van der Waals surface area contributed by atoms with Gasteiger partial charge in [0.25, 0.3) is 0 Å². The van der Waals surface area contributed by atoms with Crippen LogP contribution in [0.3, 0.4) is 0 Å². The van der Waals surface area contributed by atoms with Gasteiger partial charge in [-0.3, -0.25) is 0 Å². The molecular weight excluding hydrogens is 331 g/mol. The molecule has 0 unspecified atom stereocenters. The number of carbonyl (C=O) groups excluding carboxylic acids is 1. The number of hydrogen-bond donors (Lipinski definition) is 0. The van der Waals surface area contributed by atoms with Crippen molar-refractivity contribution in [1.29, 1.82) is 0 Å². The summed E-state index contributed by atoms with van der Waals surface area (Å²) in [5, 5.41) is 0.219. The van der Waals surface area contributed by atoms with E-state index in [1.807, 2.05) is 0 Å². The van der Waals surface area contributed by atoms with E-state index < -0.39 is 12.3 Å². The van der Waals surface area contributed by atoms with Crippen molar-refractivity contribution in [2.24, 2.45) is 0 Å². The minimum absolute atomic E-state index is 0.0657. The summed E-state index contributed by atoms with van der Waals surface area (Å²) in [6, 6.07) is 5.22. The van der Waals surface area contributed by atoms with E-state index in [-0.39, 0.29) is 20.8 Å². The average molecular weight is 338 g/mol. The van der Waals surface area contributed by atoms with Crippen molar-refractivity contribution in [2.45, 2.75) is 6.36 Å². The summed E-state index contributed by atoms with van der Waals surface area (Å²) in [5.41, 5.74) is 0.346. The van der Waals surface area contributed by atoms with Crippen LogP contribution in [-0.2, 0) is 4.74 Å². The van der Waals surface area contributed by atoms with Crippen LogP contribution in [0.15, 0.2) is 24.3 Å². The molecule has 9 heteroatoms. The zero-order valence-electron chi connectivity index (χ0n) is 10.4. The number of carbonyl (C=O) groups is 1. The minimum atomic E-state index is -4.78. The van der Waals surface area contributed by atoms with Crippen LogP contribution in [0.2, 0.25) is 5.15 Å². The van der Waals surface area contributed by atoms with Crippen LogP contribution in [-0.4, -0.2) is 24.4 Å². The van der Waals surface area contributed by atoms with Crippen LogP contribution < -0.4 is 4.74 Å². The second kappa shape index (κ2) is 5.90. The molecule has 0 saturated heterocycles. The van der Waals surface area contributed by atoms with E-state index in [1.54, 1.807) is 0 Å². The van der Waals surface area contributed by atoms with Gasteiger partial charge in [0.05, 0.1) is 7.11 Å². The number of ether oxygens (including phenoxy) is 2. The first-order valence-electron chi connectivity index (χ1n) is 5.41. The fraction of sp³-hybridized carbons (Fsp3) is 0.167. The number of aromatic nitrogens is 1. The Bertz CT molecular complexity index is 672. The Morgan fingerprint density at radius 3 is 2.71 bits per heavy atom. The Morgan fingerprint density at radius 1 is 1.38 bits per heavy atom. The first-order chi connectivity index (χ1) is 9.80. The van der Waals surface area contributed by atoms with Crippen LogP contribution in [0.1, 0.15) is 9.67 Å². The molecule has 2 aromatic rings. The number of alkyl halides is 3. The number of methoxy groups -OCH3 is 1. The standard InChI is InChI=1S/C12H7ClF3NO3S/c1-19-11(18)8-9(13)17-10(21-8)6-3-2-4-7(5-6)20-12(14,15)16/h2-5H,1H3. The highest BCUT2D eigenvalue weighted by Crippen LogP contribution is 2.33. The lowest BCUT2D eigenvalue weighted by molar-refractivity contribution is -0.274. The molecule has 0 N–H and O–H groups in total. The summed E-state index contributed by atoms with van der Waals surface area (Å²) < 4.78 is 44.9. The van der Waals surface area contributed by atoms with E-state index >= 15 is 0 Å². The molecule has 21 heavy (non-hydrogen) atoms. The van der Waals surface area contributed by atoms with Gasteiger partial charge in [-0.2, -0.15) is 0 Å². The molecule has 0 aliphatic heterocycles. The summed E-state index contributed by atoms with van der Waals surface area (Å²) in [5.74, 6) is -1.04. The number of halogens is 4. The SMILES string of the molecule is COC(=O)c1sc(-c2cccc(OC(F)(F)F)c2)nc1Cl. The van der Waals surface area contributed by atoms with Gasteiger partial charge >= 0.3 is 12.3 Å². The second-order valence-electron chi connectivity index (χ2n) is 3.71. The van der Waals surface area contributed by atoms with E-state index in [0.29, 0.717) is 5.56 Å². The smallest absolute Gasteiger partial charge is 0.465 e. The summed E-state index contributed by atoms with van der Waals surface area (Å²) in [6.45, 7) is 0. The predicted molar refractivity (Wildman–Crippen MR) is 70.6 cm³/mol. The number of benzene rings is 1. The summed E-state index contributed by atoms with van der Waals surface area (Å²) in [6.07, 6.45) is -4.78. The zero-order chi connectivity index (χ0) is 15.6. The zero-order valence-corrected chi connectivity index (χ0v) is 12.0. The van der Waals surface area contributed by atoms with Crippen molar-refractivity contribution >= 4 is 28.9 Å². The Balaban J connectivity index is 2.34. The maximum Gasteiger partial charge on any atom is 0.573 e. The quantitative estimate of drug-likeness (QED) is 0.789. The molecule has 0 aliphatic carbocycles. The highest BCUT2D eigenvalue weighted by atomic mass is 35.5. The van der Waals surface area contributed by atoms with Crippen molar-refractivity contribution in [3.63, 3.8) is 0 Å². The molecule has 0 amide bonds. The highest BCUT2D eigenvalue weighted by Gasteiger charge is 2.31. The fourth-order valence-corrected chi connectivity index (χ4v) is 2.67. The lowest BCUT2D eigenvalue weighted by Gasteiger charge is -2.09. The third-order valence-corrected chi connectivity index (χ3v) is 3.74. The molecule has 0 radical (unpaired) electrons. The van der Waals surface area contributed by atoms with Crippen LogP contribution in [0.5, 0.6) is 5.75 Å². The van der Waals surface area contributed by atoms with Crippen molar-refractivity contribution < 1.29 is 27.4 Å². The Morgan fingerprint density at radius 2 is 2.10 bits per heavy atom. The molecule has 0 fully saturated rings. The molecular formula is C12H7ClF3NO3S. The molecule has 0 saturated carbocycles. The van der Waals surface area contributed by atoms with E-state index in [2.05, 4.69) is 14.5 Å². The predicted octanol–water partition coefficient (Wildman–Crippen LogP) is 4.15. The molecule has 1 aromatic heterocycles. The molecule has 0 aliphatic rings. The van der Waals surface area contributed by atoms with E-state index in [4.69, 9.17) is 11.6 Å². The summed E-state index contributed by atoms with van der Waals surface area (Å²) in [4.78, 5) is 15.4. The molecule has 112 valence electrons. The Labute approximate surface area is 126 Å². The third kappa shape index (κ3) is 3.85. The Hall–Kier alpha value is -1.80. The number of nitrogens with zero attached hydrogens (tertiary/aromatic N) is 1. The minimum Gasteiger partial charge on any atom is -0.465 e. The van der Waals surface area contributed by atoms with Gasteiger partial charge in [-0.1, -0.05) is 23.7 Å². The summed E-state index contributed by atoms with van der Waals surface area (Å²) in [7, 11) is 1.19. The van der Waals surface area contributed by atoms with Crippen LogP contribution in [0.25, 0.3) is 10.6 Å². The first-order valence-corrected chi connectivity index (χ1v) is 6.60. The number of rotatable bonds is 3. The van der Waals surface area contributed by atoms with Gasteiger partial charge in [0, 0.05) is 5.56 Å². The number of esters is 1. The van der Waals surface area contributed by atoms with Crippen LogP contribution in [0.4, 0.5) is 13.2 Å². The normalized spacial score (nSPS) is 11.3. The van der Waals surface area contributed by atoms with Crippen molar-refractivity contribution in [3.05, 3.63) is 34.3 Å². The third-order valence-electron chi connectivity index (χ3n) is 2.27. The number of thiazole rings is 1. The van der Waals surface area contributed by atoms with E-state index in [9.17, 15) is 18.0 Å². The van der Waals surface area contributed by atoms with Crippen LogP contribution >= 0.6 is 22.9 Å². The lowest BCUT2D eigenvalue weighted by atomic mass is 10.2. The van der Waals surface area contributed by atoms with Crippen molar-refractivity contribution in [2.75, 3.05) is 7.11 Å². The number of hydrogen-bond acceptors (Lipinski definition) is 5. The second-order valence-corrected chi connectivity index (χ2v) is 5.06. The van der Waals surface area contributed by atoms with E-state index in [1.165, 1.54) is 19.2 Å².